The maximum atomic E-state index is 5.85. The van der Waals surface area contributed by atoms with Crippen molar-refractivity contribution in [1.29, 1.82) is 0 Å². The fourth-order valence-corrected chi connectivity index (χ4v) is 2.44. The molecule has 1 atom stereocenters. The van der Waals surface area contributed by atoms with E-state index in [2.05, 4.69) is 43.0 Å². The number of fused-ring (bicyclic) bond motifs is 1. The second-order valence-corrected chi connectivity index (χ2v) is 5.06. The van der Waals surface area contributed by atoms with E-state index in [0.29, 0.717) is 11.8 Å². The average Bonchev–Trinajstić information content (AvgIpc) is 2.69. The van der Waals surface area contributed by atoms with Crippen molar-refractivity contribution in [2.45, 2.75) is 20.3 Å². The quantitative estimate of drug-likeness (QED) is 0.840. The lowest BCUT2D eigenvalue weighted by Gasteiger charge is -2.27. The maximum Gasteiger partial charge on any atom is 0.0399 e. The Kier molecular flexibility index (Phi) is 3.49. The number of para-hydroxylation sites is 1. The van der Waals surface area contributed by atoms with E-state index in [-0.39, 0.29) is 0 Å². The summed E-state index contributed by atoms with van der Waals surface area (Å²) in [5.41, 5.74) is 8.75. The summed E-state index contributed by atoms with van der Waals surface area (Å²) in [5, 5.41) is 0. The summed E-state index contributed by atoms with van der Waals surface area (Å²) < 4.78 is 0. The van der Waals surface area contributed by atoms with Gasteiger partial charge in [0.05, 0.1) is 0 Å². The first-order valence-electron chi connectivity index (χ1n) is 6.25. The molecule has 1 aliphatic rings. The summed E-state index contributed by atoms with van der Waals surface area (Å²) in [6, 6.07) is 8.73. The van der Waals surface area contributed by atoms with Crippen LogP contribution in [0.4, 0.5) is 5.69 Å². The molecule has 0 saturated heterocycles. The number of benzene rings is 1. The van der Waals surface area contributed by atoms with Crippen molar-refractivity contribution in [3.05, 3.63) is 29.8 Å². The van der Waals surface area contributed by atoms with E-state index in [1.807, 2.05) is 0 Å². The summed E-state index contributed by atoms with van der Waals surface area (Å²) >= 11 is 0. The summed E-state index contributed by atoms with van der Waals surface area (Å²) in [5.74, 6) is 1.27. The number of rotatable bonds is 4. The fourth-order valence-electron chi connectivity index (χ4n) is 2.44. The van der Waals surface area contributed by atoms with E-state index in [1.54, 1.807) is 0 Å². The van der Waals surface area contributed by atoms with Crippen LogP contribution in [0.1, 0.15) is 19.4 Å². The zero-order valence-electron chi connectivity index (χ0n) is 10.3. The first-order valence-corrected chi connectivity index (χ1v) is 6.25. The van der Waals surface area contributed by atoms with E-state index in [1.165, 1.54) is 17.7 Å². The van der Waals surface area contributed by atoms with E-state index >= 15 is 0 Å². The Bertz CT molecular complexity index is 346. The van der Waals surface area contributed by atoms with Crippen molar-refractivity contribution in [3.8, 4) is 0 Å². The molecule has 1 unspecified atom stereocenters. The molecule has 88 valence electrons. The summed E-state index contributed by atoms with van der Waals surface area (Å²) in [4.78, 5) is 2.49. The molecular weight excluding hydrogens is 196 g/mol. The van der Waals surface area contributed by atoms with Crippen LogP contribution < -0.4 is 10.6 Å². The molecule has 0 spiro atoms. The fraction of sp³-hybridized carbons (Fsp3) is 0.571. The molecule has 1 aromatic rings. The highest BCUT2D eigenvalue weighted by Crippen LogP contribution is 2.28. The van der Waals surface area contributed by atoms with E-state index < -0.39 is 0 Å². The molecule has 1 aromatic carbocycles. The largest absolute Gasteiger partial charge is 0.371 e. The smallest absolute Gasteiger partial charge is 0.0399 e. The number of nitrogens with two attached hydrogens (primary N) is 1. The molecule has 0 aromatic heterocycles. The van der Waals surface area contributed by atoms with E-state index in [4.69, 9.17) is 5.73 Å². The molecule has 2 N–H and O–H groups in total. The van der Waals surface area contributed by atoms with Crippen molar-refractivity contribution in [2.24, 2.45) is 17.6 Å². The minimum Gasteiger partial charge on any atom is -0.371 e. The maximum absolute atomic E-state index is 5.85. The van der Waals surface area contributed by atoms with Crippen LogP contribution in [-0.2, 0) is 6.42 Å². The summed E-state index contributed by atoms with van der Waals surface area (Å²) in [6.07, 6.45) is 1.19. The van der Waals surface area contributed by atoms with Gasteiger partial charge >= 0.3 is 0 Å². The van der Waals surface area contributed by atoms with Crippen molar-refractivity contribution < 1.29 is 0 Å². The average molecular weight is 218 g/mol. The van der Waals surface area contributed by atoms with Crippen LogP contribution in [0, 0.1) is 11.8 Å². The van der Waals surface area contributed by atoms with Crippen molar-refractivity contribution in [1.82, 2.24) is 0 Å². The van der Waals surface area contributed by atoms with Crippen molar-refractivity contribution in [3.63, 3.8) is 0 Å². The molecule has 16 heavy (non-hydrogen) atoms. The monoisotopic (exact) mass is 218 g/mol. The normalized spacial score (nSPS) is 16.6. The molecule has 0 amide bonds. The Hall–Kier alpha value is -1.02. The zero-order valence-corrected chi connectivity index (χ0v) is 10.3. The van der Waals surface area contributed by atoms with Crippen LogP contribution in [0.15, 0.2) is 24.3 Å². The lowest BCUT2D eigenvalue weighted by molar-refractivity contribution is 0.394. The Labute approximate surface area is 98.4 Å². The lowest BCUT2D eigenvalue weighted by Crippen LogP contribution is -2.34. The van der Waals surface area contributed by atoms with Gasteiger partial charge in [-0.15, -0.1) is 0 Å². The van der Waals surface area contributed by atoms with Crippen molar-refractivity contribution in [2.75, 3.05) is 24.5 Å². The second kappa shape index (κ2) is 4.88. The molecular formula is C14H22N2. The zero-order chi connectivity index (χ0) is 11.5. The van der Waals surface area contributed by atoms with Gasteiger partial charge in [0, 0.05) is 18.8 Å². The standard InChI is InChI=1S/C14H22N2/c1-11(2)13(9-15)10-16-8-7-12-5-3-4-6-14(12)16/h3-6,11,13H,7-10,15H2,1-2H3. The van der Waals surface area contributed by atoms with Crippen LogP contribution in [0.5, 0.6) is 0 Å². The Morgan fingerprint density at radius 3 is 2.75 bits per heavy atom. The van der Waals surface area contributed by atoms with E-state index in [0.717, 1.165) is 19.6 Å². The molecule has 2 heteroatoms. The molecule has 0 saturated carbocycles. The molecule has 1 aliphatic heterocycles. The van der Waals surface area contributed by atoms with Gasteiger partial charge in [-0.1, -0.05) is 32.0 Å². The molecule has 2 rings (SSSR count). The summed E-state index contributed by atoms with van der Waals surface area (Å²) in [7, 11) is 0. The number of hydrogen-bond acceptors (Lipinski definition) is 2. The first-order chi connectivity index (χ1) is 7.72. The third-order valence-corrected chi connectivity index (χ3v) is 3.68. The molecule has 0 radical (unpaired) electrons. The van der Waals surface area contributed by atoms with E-state index in [9.17, 15) is 0 Å². The summed E-state index contributed by atoms with van der Waals surface area (Å²) in [6.45, 7) is 7.57. The number of anilines is 1. The van der Waals surface area contributed by atoms with Gasteiger partial charge < -0.3 is 10.6 Å². The minimum absolute atomic E-state index is 0.603. The predicted molar refractivity (Wildman–Crippen MR) is 69.7 cm³/mol. The minimum atomic E-state index is 0.603. The van der Waals surface area contributed by atoms with Crippen LogP contribution in [0.2, 0.25) is 0 Å². The second-order valence-electron chi connectivity index (χ2n) is 5.06. The van der Waals surface area contributed by atoms with Crippen molar-refractivity contribution >= 4 is 5.69 Å². The van der Waals surface area contributed by atoms with Gasteiger partial charge in [0.2, 0.25) is 0 Å². The van der Waals surface area contributed by atoms with Crippen LogP contribution in [0.3, 0.4) is 0 Å². The van der Waals surface area contributed by atoms with Gasteiger partial charge in [-0.3, -0.25) is 0 Å². The number of nitrogens with zero attached hydrogens (tertiary/aromatic N) is 1. The van der Waals surface area contributed by atoms with Crippen LogP contribution >= 0.6 is 0 Å². The Morgan fingerprint density at radius 1 is 1.31 bits per heavy atom. The van der Waals surface area contributed by atoms with Gasteiger partial charge in [0.15, 0.2) is 0 Å². The molecule has 1 heterocycles. The van der Waals surface area contributed by atoms with Gasteiger partial charge in [0.1, 0.15) is 0 Å². The highest BCUT2D eigenvalue weighted by atomic mass is 15.1. The lowest BCUT2D eigenvalue weighted by atomic mass is 9.95. The topological polar surface area (TPSA) is 29.3 Å². The van der Waals surface area contributed by atoms with Gasteiger partial charge in [0.25, 0.3) is 0 Å². The number of hydrogen-bond donors (Lipinski definition) is 1. The molecule has 0 bridgehead atoms. The van der Waals surface area contributed by atoms with Gasteiger partial charge in [-0.2, -0.15) is 0 Å². The van der Waals surface area contributed by atoms with Crippen LogP contribution in [0.25, 0.3) is 0 Å². The Morgan fingerprint density at radius 2 is 2.06 bits per heavy atom. The van der Waals surface area contributed by atoms with Gasteiger partial charge in [-0.05, 0) is 36.4 Å². The van der Waals surface area contributed by atoms with Gasteiger partial charge in [-0.25, -0.2) is 0 Å². The molecule has 0 fully saturated rings. The Balaban J connectivity index is 2.08. The third-order valence-electron chi connectivity index (χ3n) is 3.68. The highest BCUT2D eigenvalue weighted by molar-refractivity contribution is 5.57. The highest BCUT2D eigenvalue weighted by Gasteiger charge is 2.22. The third kappa shape index (κ3) is 2.22. The SMILES string of the molecule is CC(C)C(CN)CN1CCc2ccccc21. The predicted octanol–water partition coefficient (Wildman–Crippen LogP) is 2.28. The molecule has 0 aliphatic carbocycles. The molecule has 2 nitrogen and oxygen atoms in total. The first kappa shape index (κ1) is 11.5. The van der Waals surface area contributed by atoms with Crippen LogP contribution in [-0.4, -0.2) is 19.6 Å².